The number of aryl methyl sites for hydroxylation is 3. The van der Waals surface area contributed by atoms with Gasteiger partial charge in [-0.15, -0.1) is 0 Å². The predicted octanol–water partition coefficient (Wildman–Crippen LogP) is 2.95. The van der Waals surface area contributed by atoms with Crippen LogP contribution < -0.4 is 5.32 Å². The van der Waals surface area contributed by atoms with Crippen LogP contribution in [0.25, 0.3) is 0 Å². The third-order valence-corrected chi connectivity index (χ3v) is 3.95. The fraction of sp³-hybridized carbons (Fsp3) is 0.438. The number of hydrogen-bond acceptors (Lipinski definition) is 2. The molecule has 0 saturated heterocycles. The van der Waals surface area contributed by atoms with E-state index in [1.54, 1.807) is 0 Å². The van der Waals surface area contributed by atoms with Crippen LogP contribution in [-0.4, -0.2) is 15.8 Å². The molecule has 3 heteroatoms. The molecule has 1 heterocycles. The van der Waals surface area contributed by atoms with Crippen molar-refractivity contribution in [1.82, 2.24) is 9.78 Å². The average molecular weight is 255 g/mol. The first kappa shape index (κ1) is 12.3. The van der Waals surface area contributed by atoms with Crippen molar-refractivity contribution in [3.63, 3.8) is 0 Å². The summed E-state index contributed by atoms with van der Waals surface area (Å²) in [6.07, 6.45) is 6.57. The van der Waals surface area contributed by atoms with Crippen molar-refractivity contribution in [2.45, 2.75) is 38.6 Å². The van der Waals surface area contributed by atoms with E-state index in [0.717, 1.165) is 12.8 Å². The Hall–Kier alpha value is -1.77. The molecule has 1 aliphatic carbocycles. The van der Waals surface area contributed by atoms with Gasteiger partial charge >= 0.3 is 0 Å². The Kier molecular flexibility index (Phi) is 3.28. The van der Waals surface area contributed by atoms with E-state index < -0.39 is 0 Å². The maximum atomic E-state index is 4.49. The zero-order valence-corrected chi connectivity index (χ0v) is 11.7. The van der Waals surface area contributed by atoms with Crippen LogP contribution in [0.3, 0.4) is 0 Å². The molecule has 0 fully saturated rings. The fourth-order valence-corrected chi connectivity index (χ4v) is 2.96. The van der Waals surface area contributed by atoms with Crippen molar-refractivity contribution in [1.29, 1.82) is 0 Å². The van der Waals surface area contributed by atoms with Crippen LogP contribution >= 0.6 is 0 Å². The highest BCUT2D eigenvalue weighted by atomic mass is 15.3. The van der Waals surface area contributed by atoms with Crippen LogP contribution in [0.2, 0.25) is 0 Å². The lowest BCUT2D eigenvalue weighted by Crippen LogP contribution is -2.27. The van der Waals surface area contributed by atoms with Gasteiger partial charge < -0.3 is 5.32 Å². The van der Waals surface area contributed by atoms with E-state index in [0.29, 0.717) is 6.04 Å². The third kappa shape index (κ3) is 2.50. The van der Waals surface area contributed by atoms with Gasteiger partial charge in [0.2, 0.25) is 0 Å². The molecule has 100 valence electrons. The van der Waals surface area contributed by atoms with Crippen LogP contribution in [0, 0.1) is 0 Å². The Morgan fingerprint density at radius 1 is 1.32 bits per heavy atom. The lowest BCUT2D eigenvalue weighted by molar-refractivity contribution is 0.610. The first-order chi connectivity index (χ1) is 9.26. The van der Waals surface area contributed by atoms with E-state index >= 15 is 0 Å². The van der Waals surface area contributed by atoms with E-state index in [1.165, 1.54) is 35.3 Å². The monoisotopic (exact) mass is 255 g/mol. The minimum atomic E-state index is 0.532. The largest absolute Gasteiger partial charge is 0.379 e. The molecule has 0 bridgehead atoms. The molecule has 1 aromatic carbocycles. The van der Waals surface area contributed by atoms with Crippen molar-refractivity contribution in [2.24, 2.45) is 7.05 Å². The third-order valence-electron chi connectivity index (χ3n) is 3.95. The zero-order valence-electron chi connectivity index (χ0n) is 11.7. The molecule has 0 saturated carbocycles. The van der Waals surface area contributed by atoms with E-state index in [-0.39, 0.29) is 0 Å². The molecule has 1 aromatic heterocycles. The van der Waals surface area contributed by atoms with Gasteiger partial charge in [-0.2, -0.15) is 5.10 Å². The summed E-state index contributed by atoms with van der Waals surface area (Å²) in [6, 6.07) is 9.33. The number of benzene rings is 1. The lowest BCUT2D eigenvalue weighted by Gasteiger charge is -2.26. The Balaban J connectivity index is 1.75. The van der Waals surface area contributed by atoms with Crippen molar-refractivity contribution >= 4 is 5.69 Å². The van der Waals surface area contributed by atoms with Gasteiger partial charge in [-0.05, 0) is 36.8 Å². The molecule has 0 radical (unpaired) electrons. The second kappa shape index (κ2) is 5.08. The SMILES string of the molecule is CCc1nn(C)cc1NC1CCc2ccccc2C1. The van der Waals surface area contributed by atoms with Crippen LogP contribution in [0.1, 0.15) is 30.2 Å². The minimum absolute atomic E-state index is 0.532. The summed E-state index contributed by atoms with van der Waals surface area (Å²) in [5.74, 6) is 0. The van der Waals surface area contributed by atoms with E-state index in [1.807, 2.05) is 11.7 Å². The number of aromatic nitrogens is 2. The molecule has 19 heavy (non-hydrogen) atoms. The Morgan fingerprint density at radius 3 is 2.89 bits per heavy atom. The number of anilines is 1. The van der Waals surface area contributed by atoms with Gasteiger partial charge in [-0.1, -0.05) is 31.2 Å². The summed E-state index contributed by atoms with van der Waals surface area (Å²) in [7, 11) is 1.99. The van der Waals surface area contributed by atoms with Gasteiger partial charge in [0.15, 0.2) is 0 Å². The second-order valence-corrected chi connectivity index (χ2v) is 5.37. The highest BCUT2D eigenvalue weighted by molar-refractivity contribution is 5.48. The number of nitrogens with one attached hydrogen (secondary N) is 1. The molecule has 3 rings (SSSR count). The van der Waals surface area contributed by atoms with Crippen LogP contribution in [-0.2, 0) is 26.3 Å². The van der Waals surface area contributed by atoms with Gasteiger partial charge in [0.05, 0.1) is 11.4 Å². The van der Waals surface area contributed by atoms with Crippen molar-refractivity contribution < 1.29 is 0 Å². The van der Waals surface area contributed by atoms with Gasteiger partial charge in [0.25, 0.3) is 0 Å². The van der Waals surface area contributed by atoms with Crippen molar-refractivity contribution in [3.05, 3.63) is 47.3 Å². The summed E-state index contributed by atoms with van der Waals surface area (Å²) in [6.45, 7) is 2.16. The quantitative estimate of drug-likeness (QED) is 0.914. The number of rotatable bonds is 3. The average Bonchev–Trinajstić information content (AvgIpc) is 2.78. The fourth-order valence-electron chi connectivity index (χ4n) is 2.96. The molecule has 0 spiro atoms. The molecule has 0 aliphatic heterocycles. The minimum Gasteiger partial charge on any atom is -0.379 e. The Labute approximate surface area is 114 Å². The standard InChI is InChI=1S/C16H21N3/c1-3-15-16(11-19(2)18-15)17-14-9-8-12-6-4-5-7-13(12)10-14/h4-7,11,14,17H,3,8-10H2,1-2H3. The van der Waals surface area contributed by atoms with Crippen molar-refractivity contribution in [3.8, 4) is 0 Å². The number of nitrogens with zero attached hydrogens (tertiary/aromatic N) is 2. The molecule has 1 aliphatic rings. The van der Waals surface area contributed by atoms with Crippen LogP contribution in [0.4, 0.5) is 5.69 Å². The predicted molar refractivity (Wildman–Crippen MR) is 78.5 cm³/mol. The maximum absolute atomic E-state index is 4.49. The van der Waals surface area contributed by atoms with Gasteiger partial charge in [-0.25, -0.2) is 0 Å². The number of hydrogen-bond donors (Lipinski definition) is 1. The smallest absolute Gasteiger partial charge is 0.0853 e. The Morgan fingerprint density at radius 2 is 2.11 bits per heavy atom. The first-order valence-electron chi connectivity index (χ1n) is 7.12. The summed E-state index contributed by atoms with van der Waals surface area (Å²) in [5, 5.41) is 8.17. The van der Waals surface area contributed by atoms with Crippen LogP contribution in [0.15, 0.2) is 30.5 Å². The highest BCUT2D eigenvalue weighted by Gasteiger charge is 2.19. The van der Waals surface area contributed by atoms with Gasteiger partial charge in [-0.3, -0.25) is 4.68 Å². The van der Waals surface area contributed by atoms with Crippen molar-refractivity contribution in [2.75, 3.05) is 5.32 Å². The maximum Gasteiger partial charge on any atom is 0.0853 e. The second-order valence-electron chi connectivity index (χ2n) is 5.37. The van der Waals surface area contributed by atoms with Gasteiger partial charge in [0, 0.05) is 19.3 Å². The summed E-state index contributed by atoms with van der Waals surface area (Å²) in [5.41, 5.74) is 5.38. The lowest BCUT2D eigenvalue weighted by atomic mass is 9.88. The molecule has 1 N–H and O–H groups in total. The van der Waals surface area contributed by atoms with E-state index in [2.05, 4.69) is 47.8 Å². The highest BCUT2D eigenvalue weighted by Crippen LogP contribution is 2.24. The van der Waals surface area contributed by atoms with Gasteiger partial charge in [0.1, 0.15) is 0 Å². The molecule has 1 unspecified atom stereocenters. The summed E-state index contributed by atoms with van der Waals surface area (Å²) >= 11 is 0. The summed E-state index contributed by atoms with van der Waals surface area (Å²) in [4.78, 5) is 0. The molecule has 1 atom stereocenters. The molecule has 3 nitrogen and oxygen atoms in total. The summed E-state index contributed by atoms with van der Waals surface area (Å²) < 4.78 is 1.90. The van der Waals surface area contributed by atoms with Crippen LogP contribution in [0.5, 0.6) is 0 Å². The normalized spacial score (nSPS) is 18.1. The topological polar surface area (TPSA) is 29.9 Å². The molecular weight excluding hydrogens is 234 g/mol. The first-order valence-corrected chi connectivity index (χ1v) is 7.12. The molecular formula is C16H21N3. The number of fused-ring (bicyclic) bond motifs is 1. The zero-order chi connectivity index (χ0) is 13.2. The molecule has 2 aromatic rings. The van der Waals surface area contributed by atoms with E-state index in [9.17, 15) is 0 Å². The molecule has 0 amide bonds. The Bertz CT molecular complexity index is 571. The van der Waals surface area contributed by atoms with E-state index in [4.69, 9.17) is 0 Å².